The van der Waals surface area contributed by atoms with Gasteiger partial charge >= 0.3 is 11.7 Å². The van der Waals surface area contributed by atoms with Crippen LogP contribution in [0.1, 0.15) is 18.9 Å². The average Bonchev–Trinajstić information content (AvgIpc) is 3.37. The number of nitrogens with zero attached hydrogens (tertiary/aromatic N) is 4. The van der Waals surface area contributed by atoms with E-state index < -0.39 is 0 Å². The molecule has 32 heavy (non-hydrogen) atoms. The van der Waals surface area contributed by atoms with Crippen molar-refractivity contribution >= 4 is 28.0 Å². The highest BCUT2D eigenvalue weighted by atomic mass is 16.5. The molecule has 0 amide bonds. The number of nitrogens with one attached hydrogen (secondary N) is 2. The first kappa shape index (κ1) is 21.6. The Morgan fingerprint density at radius 1 is 1.19 bits per heavy atom. The molecule has 0 spiro atoms. The lowest BCUT2D eigenvalue weighted by Crippen LogP contribution is -2.37. The molecule has 10 heteroatoms. The number of aromatic nitrogens is 5. The third-order valence-corrected chi connectivity index (χ3v) is 5.54. The number of aryl methyl sites for hydroxylation is 2. The Bertz CT molecular complexity index is 1410. The van der Waals surface area contributed by atoms with Gasteiger partial charge in [0.1, 0.15) is 5.75 Å². The zero-order chi connectivity index (χ0) is 22.8. The van der Waals surface area contributed by atoms with Crippen LogP contribution in [-0.2, 0) is 31.9 Å². The summed E-state index contributed by atoms with van der Waals surface area (Å²) in [6, 6.07) is 5.55. The fraction of sp³-hybridized carbons (Fsp3) is 0.364. The van der Waals surface area contributed by atoms with Gasteiger partial charge in [0, 0.05) is 44.7 Å². The lowest BCUT2D eigenvalue weighted by atomic mass is 10.1. The third kappa shape index (κ3) is 4.09. The summed E-state index contributed by atoms with van der Waals surface area (Å²) >= 11 is 0. The minimum absolute atomic E-state index is 0.332. The highest BCUT2D eigenvalue weighted by Gasteiger charge is 2.14. The van der Waals surface area contributed by atoms with E-state index in [0.717, 1.165) is 47.0 Å². The molecule has 0 radical (unpaired) electrons. The number of carbonyl (C=O) groups is 1. The molecule has 4 aromatic rings. The predicted molar refractivity (Wildman–Crippen MR) is 121 cm³/mol. The number of rotatable bonds is 8. The van der Waals surface area contributed by atoms with Crippen LogP contribution < -0.4 is 21.3 Å². The standard InChI is InChI=1S/C22H26N6O4/c1-14(29)32-16-5-6-18-17(11-16)15(12-24-18)7-9-23-8-4-10-28-13-25-20-19(28)21(30)27(3)22(31)26(20)2/h5-6,11-13,23-24H,4,7-10H2,1-3H3. The van der Waals surface area contributed by atoms with E-state index in [2.05, 4.69) is 15.3 Å². The van der Waals surface area contributed by atoms with Crippen LogP contribution in [0.5, 0.6) is 5.75 Å². The SMILES string of the molecule is CC(=O)Oc1ccc2[nH]cc(CCNCCCn3cnc4c3c(=O)n(C)c(=O)n4C)c2c1. The zero-order valence-corrected chi connectivity index (χ0v) is 18.3. The van der Waals surface area contributed by atoms with E-state index in [1.807, 2.05) is 18.3 Å². The quantitative estimate of drug-likeness (QED) is 0.241. The second-order valence-electron chi connectivity index (χ2n) is 7.78. The van der Waals surface area contributed by atoms with Gasteiger partial charge in [-0.15, -0.1) is 0 Å². The van der Waals surface area contributed by atoms with Gasteiger partial charge in [-0.1, -0.05) is 0 Å². The molecule has 0 saturated carbocycles. The van der Waals surface area contributed by atoms with Crippen LogP contribution in [0.2, 0.25) is 0 Å². The van der Waals surface area contributed by atoms with E-state index in [9.17, 15) is 14.4 Å². The molecule has 2 N–H and O–H groups in total. The molecular weight excluding hydrogens is 412 g/mol. The van der Waals surface area contributed by atoms with Crippen molar-refractivity contribution in [2.75, 3.05) is 13.1 Å². The fourth-order valence-electron chi connectivity index (χ4n) is 3.88. The summed E-state index contributed by atoms with van der Waals surface area (Å²) in [6.45, 7) is 3.56. The van der Waals surface area contributed by atoms with E-state index >= 15 is 0 Å². The second kappa shape index (κ2) is 8.83. The van der Waals surface area contributed by atoms with Gasteiger partial charge < -0.3 is 19.6 Å². The van der Waals surface area contributed by atoms with Gasteiger partial charge in [0.25, 0.3) is 5.56 Å². The molecule has 10 nitrogen and oxygen atoms in total. The topological polar surface area (TPSA) is 116 Å². The number of hydrogen-bond donors (Lipinski definition) is 2. The molecule has 1 aromatic carbocycles. The van der Waals surface area contributed by atoms with Gasteiger partial charge in [-0.3, -0.25) is 18.7 Å². The number of carbonyl (C=O) groups excluding carboxylic acids is 1. The van der Waals surface area contributed by atoms with Crippen molar-refractivity contribution in [3.63, 3.8) is 0 Å². The Morgan fingerprint density at radius 2 is 2.00 bits per heavy atom. The Balaban J connectivity index is 1.33. The number of benzene rings is 1. The van der Waals surface area contributed by atoms with Crippen LogP contribution in [0.25, 0.3) is 22.1 Å². The minimum Gasteiger partial charge on any atom is -0.427 e. The maximum absolute atomic E-state index is 12.5. The van der Waals surface area contributed by atoms with Gasteiger partial charge in [0.2, 0.25) is 0 Å². The second-order valence-corrected chi connectivity index (χ2v) is 7.78. The van der Waals surface area contributed by atoms with Crippen LogP contribution in [-0.4, -0.2) is 42.7 Å². The van der Waals surface area contributed by atoms with Gasteiger partial charge in [-0.25, -0.2) is 9.78 Å². The average molecular weight is 438 g/mol. The first-order valence-corrected chi connectivity index (χ1v) is 10.5. The molecular formula is C22H26N6O4. The molecule has 0 fully saturated rings. The Hall–Kier alpha value is -3.66. The van der Waals surface area contributed by atoms with E-state index in [4.69, 9.17) is 4.74 Å². The lowest BCUT2D eigenvalue weighted by molar-refractivity contribution is -0.131. The first-order chi connectivity index (χ1) is 15.4. The number of ether oxygens (including phenoxy) is 1. The van der Waals surface area contributed by atoms with Crippen LogP contribution in [0, 0.1) is 0 Å². The van der Waals surface area contributed by atoms with Crippen LogP contribution in [0.4, 0.5) is 0 Å². The van der Waals surface area contributed by atoms with Crippen molar-refractivity contribution in [1.82, 2.24) is 29.0 Å². The van der Waals surface area contributed by atoms with Crippen molar-refractivity contribution in [1.29, 1.82) is 0 Å². The van der Waals surface area contributed by atoms with Crippen molar-refractivity contribution < 1.29 is 9.53 Å². The molecule has 0 aliphatic heterocycles. The van der Waals surface area contributed by atoms with Crippen molar-refractivity contribution in [3.05, 3.63) is 57.1 Å². The number of imidazole rings is 1. The summed E-state index contributed by atoms with van der Waals surface area (Å²) in [7, 11) is 3.09. The predicted octanol–water partition coefficient (Wildman–Crippen LogP) is 1.06. The van der Waals surface area contributed by atoms with E-state index in [0.29, 0.717) is 23.5 Å². The Kier molecular flexibility index (Phi) is 5.95. The van der Waals surface area contributed by atoms with E-state index in [-0.39, 0.29) is 17.2 Å². The fourth-order valence-corrected chi connectivity index (χ4v) is 3.88. The molecule has 3 aromatic heterocycles. The monoisotopic (exact) mass is 438 g/mol. The van der Waals surface area contributed by atoms with Crippen molar-refractivity contribution in [3.8, 4) is 5.75 Å². The highest BCUT2D eigenvalue weighted by Crippen LogP contribution is 2.24. The van der Waals surface area contributed by atoms with Crippen LogP contribution >= 0.6 is 0 Å². The molecule has 168 valence electrons. The summed E-state index contributed by atoms with van der Waals surface area (Å²) < 4.78 is 9.47. The Labute approximate surface area is 183 Å². The normalized spacial score (nSPS) is 11.5. The summed E-state index contributed by atoms with van der Waals surface area (Å²) in [5.41, 5.74) is 2.27. The number of fused-ring (bicyclic) bond motifs is 2. The number of esters is 1. The smallest absolute Gasteiger partial charge is 0.332 e. The largest absolute Gasteiger partial charge is 0.427 e. The summed E-state index contributed by atoms with van der Waals surface area (Å²) in [5, 5.41) is 4.46. The number of aromatic amines is 1. The summed E-state index contributed by atoms with van der Waals surface area (Å²) in [6.07, 6.45) is 5.21. The summed E-state index contributed by atoms with van der Waals surface area (Å²) in [4.78, 5) is 43.2. The van der Waals surface area contributed by atoms with Crippen molar-refractivity contribution in [2.24, 2.45) is 14.1 Å². The van der Waals surface area contributed by atoms with Crippen LogP contribution in [0.3, 0.4) is 0 Å². The van der Waals surface area contributed by atoms with E-state index in [1.165, 1.54) is 18.5 Å². The molecule has 0 aliphatic rings. The van der Waals surface area contributed by atoms with Gasteiger partial charge in [-0.05, 0) is 49.7 Å². The van der Waals surface area contributed by atoms with Gasteiger partial charge in [0.05, 0.1) is 6.33 Å². The molecule has 0 saturated heterocycles. The number of H-pyrrole nitrogens is 1. The van der Waals surface area contributed by atoms with Crippen LogP contribution in [0.15, 0.2) is 40.3 Å². The molecule has 0 aliphatic carbocycles. The molecule has 4 rings (SSSR count). The molecule has 0 unspecified atom stereocenters. The zero-order valence-electron chi connectivity index (χ0n) is 18.3. The van der Waals surface area contributed by atoms with E-state index in [1.54, 1.807) is 24.0 Å². The molecule has 3 heterocycles. The molecule has 0 atom stereocenters. The number of hydrogen-bond acceptors (Lipinski definition) is 6. The first-order valence-electron chi connectivity index (χ1n) is 10.5. The summed E-state index contributed by atoms with van der Waals surface area (Å²) in [5.74, 6) is 0.198. The highest BCUT2D eigenvalue weighted by molar-refractivity contribution is 5.85. The third-order valence-electron chi connectivity index (χ3n) is 5.54. The lowest BCUT2D eigenvalue weighted by Gasteiger charge is -2.08. The van der Waals surface area contributed by atoms with Gasteiger partial charge in [-0.2, -0.15) is 0 Å². The molecule has 0 bridgehead atoms. The maximum atomic E-state index is 12.5. The Morgan fingerprint density at radius 3 is 2.78 bits per heavy atom. The van der Waals surface area contributed by atoms with Gasteiger partial charge in [0.15, 0.2) is 11.2 Å². The van der Waals surface area contributed by atoms with Crippen molar-refractivity contribution in [2.45, 2.75) is 26.3 Å². The minimum atomic E-state index is -0.383. The maximum Gasteiger partial charge on any atom is 0.332 e.